The molecule has 1 saturated carbocycles. The summed E-state index contributed by atoms with van der Waals surface area (Å²) in [6.07, 6.45) is 4.83. The summed E-state index contributed by atoms with van der Waals surface area (Å²) in [5.74, 6) is 0.572. The van der Waals surface area contributed by atoms with Crippen molar-refractivity contribution < 1.29 is 9.90 Å². The monoisotopic (exact) mass is 284 g/mol. The number of hydrogen-bond donors (Lipinski definition) is 3. The lowest BCUT2D eigenvalue weighted by Gasteiger charge is -2.36. The van der Waals surface area contributed by atoms with Crippen LogP contribution in [0.2, 0.25) is 0 Å². The maximum absolute atomic E-state index is 12.1. The van der Waals surface area contributed by atoms with Crippen molar-refractivity contribution in [3.63, 3.8) is 0 Å². The van der Waals surface area contributed by atoms with Crippen LogP contribution in [-0.2, 0) is 4.79 Å². The van der Waals surface area contributed by atoms with Gasteiger partial charge in [0, 0.05) is 12.1 Å². The number of rotatable bonds is 6. The summed E-state index contributed by atoms with van der Waals surface area (Å²) >= 11 is 0. The Labute approximate surface area is 123 Å². The molecule has 0 bridgehead atoms. The van der Waals surface area contributed by atoms with Crippen molar-refractivity contribution in [2.75, 3.05) is 6.54 Å². The second-order valence-corrected chi connectivity index (χ2v) is 7.26. The SMILES string of the molecule is CCC(C)(C)NC(=O)C(C)NCC1(O)CCCC(C)C1. The number of nitrogens with one attached hydrogen (secondary N) is 2. The van der Waals surface area contributed by atoms with Crippen LogP contribution in [0.5, 0.6) is 0 Å². The Kier molecular flexibility index (Phi) is 6.02. The highest BCUT2D eigenvalue weighted by Crippen LogP contribution is 2.31. The molecule has 118 valence electrons. The van der Waals surface area contributed by atoms with Crippen LogP contribution >= 0.6 is 0 Å². The zero-order valence-corrected chi connectivity index (χ0v) is 13.8. The van der Waals surface area contributed by atoms with Gasteiger partial charge in [0.1, 0.15) is 0 Å². The maximum atomic E-state index is 12.1. The molecule has 20 heavy (non-hydrogen) atoms. The highest BCUT2D eigenvalue weighted by molar-refractivity contribution is 5.81. The van der Waals surface area contributed by atoms with Gasteiger partial charge >= 0.3 is 0 Å². The van der Waals surface area contributed by atoms with E-state index in [1.54, 1.807) is 0 Å². The first-order chi connectivity index (χ1) is 9.17. The predicted octanol–water partition coefficient (Wildman–Crippen LogP) is 2.21. The molecule has 4 nitrogen and oxygen atoms in total. The molecule has 0 saturated heterocycles. The van der Waals surface area contributed by atoms with E-state index in [0.717, 1.165) is 25.7 Å². The quantitative estimate of drug-likeness (QED) is 0.701. The smallest absolute Gasteiger partial charge is 0.237 e. The van der Waals surface area contributed by atoms with Crippen molar-refractivity contribution in [3.8, 4) is 0 Å². The standard InChI is InChI=1S/C16H32N2O2/c1-6-15(4,5)18-14(19)13(3)17-11-16(20)9-7-8-12(2)10-16/h12-13,17,20H,6-11H2,1-5H3,(H,18,19). The van der Waals surface area contributed by atoms with E-state index in [9.17, 15) is 9.90 Å². The lowest BCUT2D eigenvalue weighted by atomic mass is 9.79. The molecule has 0 aromatic heterocycles. The Morgan fingerprint density at radius 1 is 1.50 bits per heavy atom. The van der Waals surface area contributed by atoms with Crippen molar-refractivity contribution in [2.24, 2.45) is 5.92 Å². The van der Waals surface area contributed by atoms with Crippen LogP contribution in [0.25, 0.3) is 0 Å². The Bertz CT molecular complexity index is 330. The third kappa shape index (κ3) is 5.41. The summed E-state index contributed by atoms with van der Waals surface area (Å²) in [5, 5.41) is 16.8. The van der Waals surface area contributed by atoms with Crippen molar-refractivity contribution in [1.29, 1.82) is 0 Å². The molecule has 0 radical (unpaired) electrons. The Morgan fingerprint density at radius 3 is 2.70 bits per heavy atom. The fraction of sp³-hybridized carbons (Fsp3) is 0.938. The number of amides is 1. The minimum atomic E-state index is -0.646. The van der Waals surface area contributed by atoms with Crippen molar-refractivity contribution >= 4 is 5.91 Å². The first kappa shape index (κ1) is 17.4. The van der Waals surface area contributed by atoms with Crippen molar-refractivity contribution in [3.05, 3.63) is 0 Å². The molecule has 3 N–H and O–H groups in total. The summed E-state index contributed by atoms with van der Waals surface area (Å²) < 4.78 is 0. The predicted molar refractivity (Wildman–Crippen MR) is 82.6 cm³/mol. The molecule has 0 aromatic carbocycles. The van der Waals surface area contributed by atoms with E-state index in [4.69, 9.17) is 0 Å². The van der Waals surface area contributed by atoms with Gasteiger partial charge in [0.15, 0.2) is 0 Å². The van der Waals surface area contributed by atoms with Crippen LogP contribution in [0.3, 0.4) is 0 Å². The van der Waals surface area contributed by atoms with Gasteiger partial charge in [-0.1, -0.05) is 26.7 Å². The van der Waals surface area contributed by atoms with E-state index >= 15 is 0 Å². The number of hydrogen-bond acceptors (Lipinski definition) is 3. The zero-order valence-electron chi connectivity index (χ0n) is 13.8. The third-order valence-electron chi connectivity index (χ3n) is 4.54. The zero-order chi connectivity index (χ0) is 15.4. The minimum absolute atomic E-state index is 0.00399. The normalized spacial score (nSPS) is 29.0. The fourth-order valence-corrected chi connectivity index (χ4v) is 2.76. The summed E-state index contributed by atoms with van der Waals surface area (Å²) in [6, 6.07) is -0.276. The van der Waals surface area contributed by atoms with Gasteiger partial charge in [-0.2, -0.15) is 0 Å². The van der Waals surface area contributed by atoms with E-state index in [2.05, 4.69) is 24.5 Å². The van der Waals surface area contributed by atoms with E-state index < -0.39 is 5.60 Å². The first-order valence-corrected chi connectivity index (χ1v) is 7.95. The van der Waals surface area contributed by atoms with Crippen LogP contribution in [-0.4, -0.2) is 34.7 Å². The summed E-state index contributed by atoms with van der Waals surface area (Å²) in [7, 11) is 0. The first-order valence-electron chi connectivity index (χ1n) is 7.95. The van der Waals surface area contributed by atoms with Gasteiger partial charge in [0.25, 0.3) is 0 Å². The van der Waals surface area contributed by atoms with Crippen LogP contribution in [0.4, 0.5) is 0 Å². The van der Waals surface area contributed by atoms with Gasteiger partial charge in [-0.3, -0.25) is 4.79 Å². The van der Waals surface area contributed by atoms with Crippen LogP contribution in [0.15, 0.2) is 0 Å². The largest absolute Gasteiger partial charge is 0.389 e. The van der Waals surface area contributed by atoms with Crippen LogP contribution in [0, 0.1) is 5.92 Å². The molecule has 1 fully saturated rings. The molecule has 1 aliphatic carbocycles. The van der Waals surface area contributed by atoms with E-state index in [-0.39, 0.29) is 17.5 Å². The molecule has 0 heterocycles. The van der Waals surface area contributed by atoms with Gasteiger partial charge < -0.3 is 15.7 Å². The van der Waals surface area contributed by atoms with E-state index in [1.165, 1.54) is 6.42 Å². The molecule has 1 amide bonds. The summed E-state index contributed by atoms with van der Waals surface area (Å²) in [5.41, 5.74) is -0.824. The average molecular weight is 284 g/mol. The maximum Gasteiger partial charge on any atom is 0.237 e. The highest BCUT2D eigenvalue weighted by Gasteiger charge is 2.33. The van der Waals surface area contributed by atoms with E-state index in [0.29, 0.717) is 12.5 Å². The van der Waals surface area contributed by atoms with Gasteiger partial charge in [-0.05, 0) is 46.0 Å². The fourth-order valence-electron chi connectivity index (χ4n) is 2.76. The molecule has 4 heteroatoms. The Hall–Kier alpha value is -0.610. The summed E-state index contributed by atoms with van der Waals surface area (Å²) in [6.45, 7) is 10.6. The topological polar surface area (TPSA) is 61.4 Å². The number of aliphatic hydroxyl groups is 1. The average Bonchev–Trinajstić information content (AvgIpc) is 2.35. The van der Waals surface area contributed by atoms with Gasteiger partial charge in [0.2, 0.25) is 5.91 Å². The Balaban J connectivity index is 2.42. The second-order valence-electron chi connectivity index (χ2n) is 7.26. The highest BCUT2D eigenvalue weighted by atomic mass is 16.3. The van der Waals surface area contributed by atoms with Crippen molar-refractivity contribution in [2.45, 2.75) is 83.9 Å². The Morgan fingerprint density at radius 2 is 2.15 bits per heavy atom. The van der Waals surface area contributed by atoms with Crippen LogP contribution < -0.4 is 10.6 Å². The van der Waals surface area contributed by atoms with E-state index in [1.807, 2.05) is 20.8 Å². The summed E-state index contributed by atoms with van der Waals surface area (Å²) in [4.78, 5) is 12.1. The second kappa shape index (κ2) is 6.90. The molecule has 3 unspecified atom stereocenters. The van der Waals surface area contributed by atoms with Gasteiger partial charge in [-0.15, -0.1) is 0 Å². The number of carbonyl (C=O) groups is 1. The lowest BCUT2D eigenvalue weighted by Crippen LogP contribution is -2.54. The molecule has 0 spiro atoms. The van der Waals surface area contributed by atoms with Crippen LogP contribution in [0.1, 0.15) is 66.7 Å². The number of carbonyl (C=O) groups excluding carboxylic acids is 1. The van der Waals surface area contributed by atoms with Crippen molar-refractivity contribution in [1.82, 2.24) is 10.6 Å². The lowest BCUT2D eigenvalue weighted by molar-refractivity contribution is -0.124. The molecule has 0 aromatic rings. The molecule has 1 rings (SSSR count). The minimum Gasteiger partial charge on any atom is -0.389 e. The molecular formula is C16H32N2O2. The molecule has 0 aliphatic heterocycles. The van der Waals surface area contributed by atoms with Gasteiger partial charge in [-0.25, -0.2) is 0 Å². The third-order valence-corrected chi connectivity index (χ3v) is 4.54. The molecular weight excluding hydrogens is 252 g/mol. The molecule has 3 atom stereocenters. The van der Waals surface area contributed by atoms with Gasteiger partial charge in [0.05, 0.1) is 11.6 Å². The molecule has 1 aliphatic rings.